The van der Waals surface area contributed by atoms with Gasteiger partial charge in [0.05, 0.1) is 5.75 Å². The number of hydrogen-bond donors (Lipinski definition) is 2. The molecule has 1 rings (SSSR count). The lowest BCUT2D eigenvalue weighted by atomic mass is 10.3. The van der Waals surface area contributed by atoms with E-state index in [1.54, 1.807) is 23.5 Å². The van der Waals surface area contributed by atoms with E-state index >= 15 is 0 Å². The van der Waals surface area contributed by atoms with Gasteiger partial charge >= 0.3 is 0 Å². The molecule has 0 saturated carbocycles. The molecule has 0 spiro atoms. The third-order valence-corrected chi connectivity index (χ3v) is 4.83. The van der Waals surface area contributed by atoms with Crippen molar-refractivity contribution in [3.63, 3.8) is 0 Å². The van der Waals surface area contributed by atoms with Crippen molar-refractivity contribution in [2.45, 2.75) is 37.9 Å². The quantitative estimate of drug-likeness (QED) is 0.537. The number of anilines is 1. The van der Waals surface area contributed by atoms with Crippen LogP contribution in [0.5, 0.6) is 0 Å². The van der Waals surface area contributed by atoms with Crippen LogP contribution in [-0.2, 0) is 4.79 Å². The first-order valence-corrected chi connectivity index (χ1v) is 9.13. The van der Waals surface area contributed by atoms with Crippen LogP contribution in [0, 0.1) is 0 Å². The summed E-state index contributed by atoms with van der Waals surface area (Å²) in [5.74, 6) is 2.30. The number of nitrogens with one attached hydrogen (secondary N) is 1. The van der Waals surface area contributed by atoms with E-state index in [1.165, 1.54) is 11.5 Å². The summed E-state index contributed by atoms with van der Waals surface area (Å²) >= 11 is 4.43. The average Bonchev–Trinajstić information content (AvgIpc) is 2.79. The fourth-order valence-corrected chi connectivity index (χ4v) is 3.46. The normalized spacial score (nSPS) is 12.4. The van der Waals surface area contributed by atoms with E-state index in [2.05, 4.69) is 21.6 Å². The fraction of sp³-hybridized carbons (Fsp3) is 0.727. The molecule has 1 heterocycles. The molecule has 8 heteroatoms. The Labute approximate surface area is 126 Å². The van der Waals surface area contributed by atoms with Gasteiger partial charge in [0.15, 0.2) is 0 Å². The molecule has 1 aromatic rings. The predicted molar refractivity (Wildman–Crippen MR) is 85.1 cm³/mol. The lowest BCUT2D eigenvalue weighted by molar-refractivity contribution is -0.113. The van der Waals surface area contributed by atoms with Gasteiger partial charge in [-0.3, -0.25) is 10.1 Å². The summed E-state index contributed by atoms with van der Waals surface area (Å²) in [5.41, 5.74) is 5.64. The minimum absolute atomic E-state index is 0.0298. The van der Waals surface area contributed by atoms with Crippen LogP contribution in [0.3, 0.4) is 0 Å². The van der Waals surface area contributed by atoms with Crippen LogP contribution in [0.1, 0.15) is 26.7 Å². The fourth-order valence-electron chi connectivity index (χ4n) is 1.10. The van der Waals surface area contributed by atoms with Crippen molar-refractivity contribution in [2.24, 2.45) is 5.73 Å². The number of thioether (sulfide) groups is 2. The Morgan fingerprint density at radius 3 is 3.00 bits per heavy atom. The van der Waals surface area contributed by atoms with Gasteiger partial charge in [0.2, 0.25) is 16.2 Å². The molecule has 1 atom stereocenters. The van der Waals surface area contributed by atoms with E-state index in [0.717, 1.165) is 29.5 Å². The molecule has 0 bridgehead atoms. The van der Waals surface area contributed by atoms with Crippen molar-refractivity contribution in [3.05, 3.63) is 0 Å². The van der Waals surface area contributed by atoms with Crippen LogP contribution in [-0.4, -0.2) is 38.6 Å². The first-order valence-electron chi connectivity index (χ1n) is 6.21. The zero-order valence-corrected chi connectivity index (χ0v) is 13.7. The van der Waals surface area contributed by atoms with Crippen molar-refractivity contribution >= 4 is 46.1 Å². The minimum atomic E-state index is -0.0298. The number of nitrogens with two attached hydrogens (primary N) is 1. The van der Waals surface area contributed by atoms with Crippen molar-refractivity contribution in [1.82, 2.24) is 9.36 Å². The van der Waals surface area contributed by atoms with Crippen molar-refractivity contribution < 1.29 is 4.79 Å². The molecule has 3 N–H and O–H groups in total. The maximum atomic E-state index is 11.6. The highest BCUT2D eigenvalue weighted by molar-refractivity contribution is 8.00. The molecular formula is C11H20N4OS3. The lowest BCUT2D eigenvalue weighted by Crippen LogP contribution is -2.17. The Morgan fingerprint density at radius 1 is 1.53 bits per heavy atom. The van der Waals surface area contributed by atoms with Crippen molar-refractivity contribution in [1.29, 1.82) is 0 Å². The average molecular weight is 321 g/mol. The van der Waals surface area contributed by atoms with Gasteiger partial charge in [-0.15, -0.1) is 0 Å². The van der Waals surface area contributed by atoms with Crippen LogP contribution < -0.4 is 11.1 Å². The Morgan fingerprint density at radius 2 is 2.32 bits per heavy atom. The van der Waals surface area contributed by atoms with Crippen molar-refractivity contribution in [3.8, 4) is 0 Å². The Bertz CT molecular complexity index is 384. The number of aromatic nitrogens is 2. The molecule has 19 heavy (non-hydrogen) atoms. The molecule has 1 unspecified atom stereocenters. The summed E-state index contributed by atoms with van der Waals surface area (Å²) in [6, 6.07) is 0.192. The van der Waals surface area contributed by atoms with Gasteiger partial charge in [0.1, 0.15) is 0 Å². The van der Waals surface area contributed by atoms with Crippen LogP contribution in [0.4, 0.5) is 5.13 Å². The van der Waals surface area contributed by atoms with Crippen LogP contribution in [0.2, 0.25) is 0 Å². The van der Waals surface area contributed by atoms with Gasteiger partial charge in [0, 0.05) is 23.3 Å². The smallest absolute Gasteiger partial charge is 0.236 e. The van der Waals surface area contributed by atoms with E-state index in [-0.39, 0.29) is 11.9 Å². The molecule has 0 fully saturated rings. The van der Waals surface area contributed by atoms with Gasteiger partial charge in [-0.05, 0) is 25.5 Å². The third kappa shape index (κ3) is 7.76. The largest absolute Gasteiger partial charge is 0.328 e. The number of amides is 1. The highest BCUT2D eigenvalue weighted by atomic mass is 32.2. The molecule has 0 saturated heterocycles. The van der Waals surface area contributed by atoms with E-state index in [0.29, 0.717) is 10.9 Å². The number of nitrogens with zero attached hydrogens (tertiary/aromatic N) is 2. The number of carbonyl (C=O) groups is 1. The van der Waals surface area contributed by atoms with Crippen LogP contribution >= 0.6 is 35.1 Å². The SMILES string of the molecule is CCCSc1nsc(NC(=O)CSCCC(C)N)n1. The molecular weight excluding hydrogens is 300 g/mol. The maximum Gasteiger partial charge on any atom is 0.236 e. The summed E-state index contributed by atoms with van der Waals surface area (Å²) in [5, 5.41) is 4.09. The predicted octanol–water partition coefficient (Wildman–Crippen LogP) is 2.45. The first kappa shape index (κ1) is 16.7. The third-order valence-electron chi connectivity index (χ3n) is 2.04. The molecule has 108 valence electrons. The second kappa shape index (κ2) is 9.57. The first-order chi connectivity index (χ1) is 9.11. The van der Waals surface area contributed by atoms with Gasteiger partial charge in [0.25, 0.3) is 0 Å². The van der Waals surface area contributed by atoms with Gasteiger partial charge in [-0.25, -0.2) is 0 Å². The standard InChI is InChI=1S/C11H20N4OS3/c1-3-5-18-11-14-10(19-15-11)13-9(16)7-17-6-4-8(2)12/h8H,3-7,12H2,1-2H3,(H,13,14,15,16). The molecule has 0 radical (unpaired) electrons. The lowest BCUT2D eigenvalue weighted by Gasteiger charge is -2.04. The summed E-state index contributed by atoms with van der Waals surface area (Å²) in [4.78, 5) is 15.9. The monoisotopic (exact) mass is 320 g/mol. The number of carbonyl (C=O) groups excluding carboxylic acids is 1. The highest BCUT2D eigenvalue weighted by Crippen LogP contribution is 2.20. The molecule has 5 nitrogen and oxygen atoms in total. The van der Waals surface area contributed by atoms with Crippen LogP contribution in [0.15, 0.2) is 5.16 Å². The van der Waals surface area contributed by atoms with E-state index < -0.39 is 0 Å². The molecule has 0 aliphatic rings. The van der Waals surface area contributed by atoms with E-state index in [1.807, 2.05) is 6.92 Å². The molecule has 0 aliphatic heterocycles. The molecule has 0 aliphatic carbocycles. The van der Waals surface area contributed by atoms with E-state index in [4.69, 9.17) is 5.73 Å². The Hall–Kier alpha value is -0.310. The zero-order valence-electron chi connectivity index (χ0n) is 11.2. The Kier molecular flexibility index (Phi) is 8.43. The number of hydrogen-bond acceptors (Lipinski definition) is 7. The Balaban J connectivity index is 2.22. The summed E-state index contributed by atoms with van der Waals surface area (Å²) < 4.78 is 4.18. The molecule has 1 amide bonds. The zero-order chi connectivity index (χ0) is 14.1. The second-order valence-corrected chi connectivity index (χ2v) is 7.02. The minimum Gasteiger partial charge on any atom is -0.328 e. The van der Waals surface area contributed by atoms with Gasteiger partial charge < -0.3 is 5.73 Å². The maximum absolute atomic E-state index is 11.6. The number of rotatable bonds is 9. The topological polar surface area (TPSA) is 80.9 Å². The van der Waals surface area contributed by atoms with E-state index in [9.17, 15) is 4.79 Å². The van der Waals surface area contributed by atoms with Gasteiger partial charge in [-0.1, -0.05) is 18.7 Å². The second-order valence-electron chi connectivity index (χ2n) is 4.10. The summed E-state index contributed by atoms with van der Waals surface area (Å²) in [7, 11) is 0. The summed E-state index contributed by atoms with van der Waals surface area (Å²) in [6.07, 6.45) is 2.01. The molecule has 0 aromatic carbocycles. The summed E-state index contributed by atoms with van der Waals surface area (Å²) in [6.45, 7) is 4.08. The molecule has 1 aromatic heterocycles. The van der Waals surface area contributed by atoms with Crippen molar-refractivity contribution in [2.75, 3.05) is 22.6 Å². The van der Waals surface area contributed by atoms with Crippen LogP contribution in [0.25, 0.3) is 0 Å². The highest BCUT2D eigenvalue weighted by Gasteiger charge is 2.08. The van der Waals surface area contributed by atoms with Gasteiger partial charge in [-0.2, -0.15) is 21.1 Å².